The Labute approximate surface area is 116 Å². The predicted octanol–water partition coefficient (Wildman–Crippen LogP) is 3.65. The van der Waals surface area contributed by atoms with Gasteiger partial charge in [-0.1, -0.05) is 28.1 Å². The Morgan fingerprint density at radius 1 is 1.35 bits per heavy atom. The van der Waals surface area contributed by atoms with Crippen LogP contribution in [0.1, 0.15) is 18.4 Å². The van der Waals surface area contributed by atoms with E-state index in [1.54, 1.807) is 0 Å². The fourth-order valence-electron chi connectivity index (χ4n) is 3.27. The first-order valence-corrected chi connectivity index (χ1v) is 7.62. The van der Waals surface area contributed by atoms with Crippen molar-refractivity contribution in [1.29, 1.82) is 0 Å². The second kappa shape index (κ2) is 4.56. The number of nitrogens with zero attached hydrogens (tertiary/aromatic N) is 1. The Morgan fingerprint density at radius 2 is 2.12 bits per heavy atom. The van der Waals surface area contributed by atoms with Gasteiger partial charge in [0.2, 0.25) is 0 Å². The normalized spacial score (nSPS) is 31.5. The van der Waals surface area contributed by atoms with Gasteiger partial charge in [0.05, 0.1) is 0 Å². The third-order valence-corrected chi connectivity index (χ3v) is 5.04. The van der Waals surface area contributed by atoms with Crippen molar-refractivity contribution in [2.24, 2.45) is 5.92 Å². The van der Waals surface area contributed by atoms with E-state index in [1.807, 2.05) is 0 Å². The maximum absolute atomic E-state index is 5.76. The smallest absolute Gasteiger partial charge is 0.0235 e. The molecule has 1 nitrogen and oxygen atoms in total. The molecule has 17 heavy (non-hydrogen) atoms. The van der Waals surface area contributed by atoms with Gasteiger partial charge in [-0.15, -0.1) is 11.6 Å². The van der Waals surface area contributed by atoms with E-state index in [-0.39, 0.29) is 0 Å². The molecule has 0 bridgehead atoms. The van der Waals surface area contributed by atoms with Gasteiger partial charge < -0.3 is 4.90 Å². The molecule has 0 radical (unpaired) electrons. The van der Waals surface area contributed by atoms with E-state index in [2.05, 4.69) is 45.1 Å². The Hall–Kier alpha value is -0.0500. The number of likely N-dealkylation sites (tertiary alicyclic amines) is 1. The molecule has 1 aromatic rings. The molecule has 1 aliphatic carbocycles. The summed E-state index contributed by atoms with van der Waals surface area (Å²) >= 11 is 9.27. The molecule has 3 rings (SSSR count). The van der Waals surface area contributed by atoms with Crippen molar-refractivity contribution in [3.63, 3.8) is 0 Å². The van der Waals surface area contributed by atoms with E-state index in [1.165, 1.54) is 29.5 Å². The van der Waals surface area contributed by atoms with E-state index < -0.39 is 0 Å². The molecular formula is C14H17BrClN. The number of hydrogen-bond donors (Lipinski definition) is 0. The molecule has 0 N–H and O–H groups in total. The Kier molecular flexibility index (Phi) is 3.22. The average Bonchev–Trinajstić information content (AvgIpc) is 2.91. The predicted molar refractivity (Wildman–Crippen MR) is 75.7 cm³/mol. The van der Waals surface area contributed by atoms with Crippen LogP contribution in [0.2, 0.25) is 0 Å². The van der Waals surface area contributed by atoms with Crippen LogP contribution in [-0.4, -0.2) is 30.4 Å². The van der Waals surface area contributed by atoms with Gasteiger partial charge in [0.15, 0.2) is 0 Å². The number of rotatable bonds is 4. The number of piperidine rings is 1. The van der Waals surface area contributed by atoms with Crippen molar-refractivity contribution in [1.82, 2.24) is 4.90 Å². The van der Waals surface area contributed by atoms with Crippen LogP contribution in [0.3, 0.4) is 0 Å². The lowest BCUT2D eigenvalue weighted by Crippen LogP contribution is -2.27. The fraction of sp³-hybridized carbons (Fsp3) is 0.571. The molecule has 92 valence electrons. The zero-order chi connectivity index (χ0) is 11.9. The van der Waals surface area contributed by atoms with Gasteiger partial charge in [0, 0.05) is 28.9 Å². The highest BCUT2D eigenvalue weighted by Crippen LogP contribution is 2.58. The third kappa shape index (κ3) is 2.16. The molecule has 3 heteroatoms. The maximum atomic E-state index is 5.76. The van der Waals surface area contributed by atoms with Crippen molar-refractivity contribution in [3.05, 3.63) is 34.3 Å². The standard InChI is InChI=1S/C14H17BrClN/c15-13-4-2-11(3-5-13)14-8-12(14)9-17(10-14)7-1-6-16/h2-5,12H,1,6-10H2/t12?,14-/m1/s1. The summed E-state index contributed by atoms with van der Waals surface area (Å²) in [5.74, 6) is 1.67. The van der Waals surface area contributed by atoms with Gasteiger partial charge in [-0.2, -0.15) is 0 Å². The van der Waals surface area contributed by atoms with Crippen molar-refractivity contribution in [3.8, 4) is 0 Å². The number of hydrogen-bond acceptors (Lipinski definition) is 1. The summed E-state index contributed by atoms with van der Waals surface area (Å²) in [7, 11) is 0. The molecule has 1 heterocycles. The summed E-state index contributed by atoms with van der Waals surface area (Å²) < 4.78 is 1.17. The summed E-state index contributed by atoms with van der Waals surface area (Å²) in [4.78, 5) is 2.58. The van der Waals surface area contributed by atoms with Crippen molar-refractivity contribution >= 4 is 27.5 Å². The minimum Gasteiger partial charge on any atom is -0.302 e. The van der Waals surface area contributed by atoms with Gasteiger partial charge in [-0.05, 0) is 43.0 Å². The van der Waals surface area contributed by atoms with Gasteiger partial charge in [0.1, 0.15) is 0 Å². The topological polar surface area (TPSA) is 3.24 Å². The first kappa shape index (κ1) is 12.0. The van der Waals surface area contributed by atoms with E-state index in [4.69, 9.17) is 11.6 Å². The molecule has 0 spiro atoms. The van der Waals surface area contributed by atoms with Crippen LogP contribution >= 0.6 is 27.5 Å². The minimum absolute atomic E-state index is 0.479. The summed E-state index contributed by atoms with van der Waals surface area (Å²) in [6.07, 6.45) is 2.50. The van der Waals surface area contributed by atoms with Gasteiger partial charge >= 0.3 is 0 Å². The third-order valence-electron chi connectivity index (χ3n) is 4.24. The molecule has 2 atom stereocenters. The fourth-order valence-corrected chi connectivity index (χ4v) is 3.65. The zero-order valence-electron chi connectivity index (χ0n) is 9.83. The molecule has 0 aromatic heterocycles. The lowest BCUT2D eigenvalue weighted by atomic mass is 9.95. The van der Waals surface area contributed by atoms with Crippen LogP contribution in [0.4, 0.5) is 0 Å². The second-order valence-electron chi connectivity index (χ2n) is 5.34. The molecule has 1 saturated heterocycles. The minimum atomic E-state index is 0.479. The van der Waals surface area contributed by atoms with E-state index >= 15 is 0 Å². The summed E-state index contributed by atoms with van der Waals surface area (Å²) in [5, 5.41) is 0. The molecule has 2 aliphatic rings. The first-order valence-electron chi connectivity index (χ1n) is 6.29. The number of benzene rings is 1. The highest BCUT2D eigenvalue weighted by Gasteiger charge is 2.60. The highest BCUT2D eigenvalue weighted by molar-refractivity contribution is 9.10. The SMILES string of the molecule is ClCCCN1CC2C[C@]2(c2ccc(Br)cc2)C1. The molecule has 1 aromatic carbocycles. The van der Waals surface area contributed by atoms with Crippen LogP contribution in [0.25, 0.3) is 0 Å². The van der Waals surface area contributed by atoms with Crippen LogP contribution in [0.5, 0.6) is 0 Å². The van der Waals surface area contributed by atoms with Crippen LogP contribution in [-0.2, 0) is 5.41 Å². The highest BCUT2D eigenvalue weighted by atomic mass is 79.9. The monoisotopic (exact) mass is 313 g/mol. The molecule has 1 saturated carbocycles. The van der Waals surface area contributed by atoms with Gasteiger partial charge in [0.25, 0.3) is 0 Å². The number of alkyl halides is 1. The van der Waals surface area contributed by atoms with Crippen molar-refractivity contribution < 1.29 is 0 Å². The van der Waals surface area contributed by atoms with Gasteiger partial charge in [-0.3, -0.25) is 0 Å². The van der Waals surface area contributed by atoms with Crippen molar-refractivity contribution in [2.75, 3.05) is 25.5 Å². The summed E-state index contributed by atoms with van der Waals surface area (Å²) in [6, 6.07) is 8.91. The van der Waals surface area contributed by atoms with Crippen LogP contribution in [0.15, 0.2) is 28.7 Å². The lowest BCUT2D eigenvalue weighted by Gasteiger charge is -2.20. The largest absolute Gasteiger partial charge is 0.302 e. The maximum Gasteiger partial charge on any atom is 0.0235 e. The summed E-state index contributed by atoms with van der Waals surface area (Å²) in [5.41, 5.74) is 2.01. The quantitative estimate of drug-likeness (QED) is 0.767. The number of fused-ring (bicyclic) bond motifs is 1. The first-order chi connectivity index (χ1) is 8.24. The van der Waals surface area contributed by atoms with Gasteiger partial charge in [-0.25, -0.2) is 0 Å². The Morgan fingerprint density at radius 3 is 2.82 bits per heavy atom. The Bertz CT molecular complexity index is 405. The molecule has 0 amide bonds. The molecule has 2 fully saturated rings. The van der Waals surface area contributed by atoms with Crippen LogP contribution < -0.4 is 0 Å². The molecule has 1 aliphatic heterocycles. The van der Waals surface area contributed by atoms with E-state index in [0.717, 1.165) is 24.8 Å². The Balaban J connectivity index is 1.71. The van der Waals surface area contributed by atoms with Crippen molar-refractivity contribution in [2.45, 2.75) is 18.3 Å². The second-order valence-corrected chi connectivity index (χ2v) is 6.64. The zero-order valence-corrected chi connectivity index (χ0v) is 12.2. The lowest BCUT2D eigenvalue weighted by molar-refractivity contribution is 0.299. The van der Waals surface area contributed by atoms with Crippen LogP contribution in [0, 0.1) is 5.92 Å². The van der Waals surface area contributed by atoms with E-state index in [9.17, 15) is 0 Å². The average molecular weight is 315 g/mol. The molecular weight excluding hydrogens is 298 g/mol. The summed E-state index contributed by atoms with van der Waals surface area (Å²) in [6.45, 7) is 3.67. The molecule has 1 unspecified atom stereocenters. The van der Waals surface area contributed by atoms with E-state index in [0.29, 0.717) is 5.41 Å². The number of halogens is 2.